The summed E-state index contributed by atoms with van der Waals surface area (Å²) < 4.78 is 1.50. The smallest absolute Gasteiger partial charge is 0.252 e. The number of nitrogens with one attached hydrogen (secondary N) is 1. The standard InChI is InChI=1S/C10H12N2O2/c1-4-9(13)11-8-5-7(2)12(3)10(14)6-8/h4-6H,1H2,2-3H3,(H,11,13). The first-order valence-corrected chi connectivity index (χ1v) is 4.15. The molecule has 1 aromatic heterocycles. The van der Waals surface area contributed by atoms with Crippen molar-refractivity contribution < 1.29 is 4.79 Å². The van der Waals surface area contributed by atoms with Gasteiger partial charge in [0.25, 0.3) is 5.56 Å². The molecule has 1 rings (SSSR count). The summed E-state index contributed by atoms with van der Waals surface area (Å²) in [7, 11) is 1.68. The number of carbonyl (C=O) groups excluding carboxylic acids is 1. The zero-order valence-electron chi connectivity index (χ0n) is 8.20. The second-order valence-corrected chi connectivity index (χ2v) is 2.98. The van der Waals surface area contributed by atoms with Crippen molar-refractivity contribution in [3.8, 4) is 0 Å². The summed E-state index contributed by atoms with van der Waals surface area (Å²) in [6.45, 7) is 5.12. The fourth-order valence-electron chi connectivity index (χ4n) is 1.03. The molecule has 0 saturated carbocycles. The van der Waals surface area contributed by atoms with E-state index in [2.05, 4.69) is 11.9 Å². The Morgan fingerprint density at radius 1 is 1.57 bits per heavy atom. The second kappa shape index (κ2) is 3.91. The highest BCUT2D eigenvalue weighted by Gasteiger charge is 2.01. The molecule has 0 unspecified atom stereocenters. The van der Waals surface area contributed by atoms with Crippen LogP contribution in [0.4, 0.5) is 5.69 Å². The van der Waals surface area contributed by atoms with Gasteiger partial charge in [0.15, 0.2) is 0 Å². The fraction of sp³-hybridized carbons (Fsp3) is 0.200. The lowest BCUT2D eigenvalue weighted by molar-refractivity contribution is -0.111. The van der Waals surface area contributed by atoms with E-state index in [4.69, 9.17) is 0 Å². The van der Waals surface area contributed by atoms with Gasteiger partial charge in [-0.2, -0.15) is 0 Å². The summed E-state index contributed by atoms with van der Waals surface area (Å²) in [6, 6.07) is 3.09. The van der Waals surface area contributed by atoms with E-state index in [-0.39, 0.29) is 11.5 Å². The number of anilines is 1. The highest BCUT2D eigenvalue weighted by Crippen LogP contribution is 2.05. The van der Waals surface area contributed by atoms with Gasteiger partial charge in [0.1, 0.15) is 0 Å². The number of carbonyl (C=O) groups is 1. The lowest BCUT2D eigenvalue weighted by Gasteiger charge is -2.06. The Morgan fingerprint density at radius 3 is 2.71 bits per heavy atom. The van der Waals surface area contributed by atoms with Gasteiger partial charge >= 0.3 is 0 Å². The second-order valence-electron chi connectivity index (χ2n) is 2.98. The molecule has 0 atom stereocenters. The minimum absolute atomic E-state index is 0.149. The van der Waals surface area contributed by atoms with Crippen molar-refractivity contribution in [2.24, 2.45) is 7.05 Å². The minimum Gasteiger partial charge on any atom is -0.322 e. The summed E-state index contributed by atoms with van der Waals surface area (Å²) in [5.74, 6) is -0.322. The molecule has 14 heavy (non-hydrogen) atoms. The van der Waals surface area contributed by atoms with Crippen LogP contribution in [0.25, 0.3) is 0 Å². The number of hydrogen-bond donors (Lipinski definition) is 1. The molecule has 4 nitrogen and oxygen atoms in total. The molecule has 0 radical (unpaired) electrons. The molecule has 1 amide bonds. The molecule has 0 aliphatic heterocycles. The van der Waals surface area contributed by atoms with Crippen LogP contribution in [-0.4, -0.2) is 10.5 Å². The Balaban J connectivity index is 3.07. The molecule has 0 spiro atoms. The van der Waals surface area contributed by atoms with Gasteiger partial charge in [-0.15, -0.1) is 0 Å². The summed E-state index contributed by atoms with van der Waals surface area (Å²) in [6.07, 6.45) is 1.16. The number of nitrogens with zero attached hydrogens (tertiary/aromatic N) is 1. The van der Waals surface area contributed by atoms with Crippen molar-refractivity contribution in [3.63, 3.8) is 0 Å². The summed E-state index contributed by atoms with van der Waals surface area (Å²) >= 11 is 0. The van der Waals surface area contributed by atoms with Gasteiger partial charge in [0.05, 0.1) is 0 Å². The van der Waals surface area contributed by atoms with Gasteiger partial charge in [-0.25, -0.2) is 0 Å². The monoisotopic (exact) mass is 192 g/mol. The Morgan fingerprint density at radius 2 is 2.21 bits per heavy atom. The zero-order valence-corrected chi connectivity index (χ0v) is 8.20. The topological polar surface area (TPSA) is 51.1 Å². The van der Waals surface area contributed by atoms with Crippen molar-refractivity contribution in [1.82, 2.24) is 4.57 Å². The van der Waals surface area contributed by atoms with Gasteiger partial charge in [-0.3, -0.25) is 9.59 Å². The van der Waals surface area contributed by atoms with Crippen LogP contribution in [0.3, 0.4) is 0 Å². The predicted molar refractivity (Wildman–Crippen MR) is 55.2 cm³/mol. The van der Waals surface area contributed by atoms with Gasteiger partial charge in [-0.05, 0) is 19.1 Å². The van der Waals surface area contributed by atoms with E-state index in [1.54, 1.807) is 20.0 Å². The maximum Gasteiger partial charge on any atom is 0.252 e. The fourth-order valence-corrected chi connectivity index (χ4v) is 1.03. The molecule has 0 aliphatic rings. The van der Waals surface area contributed by atoms with E-state index < -0.39 is 0 Å². The van der Waals surface area contributed by atoms with E-state index >= 15 is 0 Å². The molecule has 74 valence electrons. The molecule has 0 bridgehead atoms. The van der Waals surface area contributed by atoms with E-state index in [0.29, 0.717) is 5.69 Å². The number of pyridine rings is 1. The highest BCUT2D eigenvalue weighted by molar-refractivity contribution is 5.98. The first-order valence-electron chi connectivity index (χ1n) is 4.15. The summed E-state index contributed by atoms with van der Waals surface area (Å²) in [5, 5.41) is 2.53. The first-order chi connectivity index (χ1) is 6.54. The minimum atomic E-state index is -0.322. The molecule has 4 heteroatoms. The predicted octanol–water partition coefficient (Wildman–Crippen LogP) is 0.818. The molecule has 1 aromatic rings. The third kappa shape index (κ3) is 2.10. The molecular formula is C10H12N2O2. The molecular weight excluding hydrogens is 180 g/mol. The van der Waals surface area contributed by atoms with Crippen LogP contribution in [0.5, 0.6) is 0 Å². The normalized spacial score (nSPS) is 9.57. The third-order valence-electron chi connectivity index (χ3n) is 1.96. The SMILES string of the molecule is C=CC(=O)Nc1cc(C)n(C)c(=O)c1. The number of aromatic nitrogens is 1. The largest absolute Gasteiger partial charge is 0.322 e. The molecule has 1 heterocycles. The molecule has 0 aromatic carbocycles. The lowest BCUT2D eigenvalue weighted by atomic mass is 10.3. The maximum absolute atomic E-state index is 11.3. The Labute approximate surface area is 81.9 Å². The van der Waals surface area contributed by atoms with Crippen LogP contribution >= 0.6 is 0 Å². The van der Waals surface area contributed by atoms with Crippen LogP contribution in [0.1, 0.15) is 5.69 Å². The van der Waals surface area contributed by atoms with Crippen LogP contribution in [-0.2, 0) is 11.8 Å². The Kier molecular flexibility index (Phi) is 2.86. The van der Waals surface area contributed by atoms with Gasteiger partial charge < -0.3 is 9.88 Å². The quantitative estimate of drug-likeness (QED) is 0.705. The van der Waals surface area contributed by atoms with Gasteiger partial charge in [-0.1, -0.05) is 6.58 Å². The third-order valence-corrected chi connectivity index (χ3v) is 1.96. The number of aryl methyl sites for hydroxylation is 1. The molecule has 0 saturated heterocycles. The van der Waals surface area contributed by atoms with Crippen LogP contribution < -0.4 is 10.9 Å². The summed E-state index contributed by atoms with van der Waals surface area (Å²) in [4.78, 5) is 22.3. The van der Waals surface area contributed by atoms with Gasteiger partial charge in [0, 0.05) is 24.5 Å². The Hall–Kier alpha value is -1.84. The van der Waals surface area contributed by atoms with Crippen LogP contribution in [0, 0.1) is 6.92 Å². The average Bonchev–Trinajstić information content (AvgIpc) is 2.14. The van der Waals surface area contributed by atoms with E-state index in [1.807, 2.05) is 0 Å². The zero-order chi connectivity index (χ0) is 10.7. The molecule has 0 fully saturated rings. The summed E-state index contributed by atoms with van der Waals surface area (Å²) in [5.41, 5.74) is 1.14. The van der Waals surface area contributed by atoms with Crippen molar-refractivity contribution in [2.45, 2.75) is 6.92 Å². The molecule has 1 N–H and O–H groups in total. The van der Waals surface area contributed by atoms with Crippen molar-refractivity contribution in [3.05, 3.63) is 40.8 Å². The van der Waals surface area contributed by atoms with E-state index in [1.165, 1.54) is 10.6 Å². The average molecular weight is 192 g/mol. The van der Waals surface area contributed by atoms with E-state index in [9.17, 15) is 9.59 Å². The highest BCUT2D eigenvalue weighted by atomic mass is 16.1. The van der Waals surface area contributed by atoms with Crippen molar-refractivity contribution >= 4 is 11.6 Å². The van der Waals surface area contributed by atoms with Crippen LogP contribution in [0.2, 0.25) is 0 Å². The first kappa shape index (κ1) is 10.2. The molecule has 0 aliphatic carbocycles. The van der Waals surface area contributed by atoms with E-state index in [0.717, 1.165) is 11.8 Å². The maximum atomic E-state index is 11.3. The Bertz CT molecular complexity index is 432. The number of hydrogen-bond acceptors (Lipinski definition) is 2. The van der Waals surface area contributed by atoms with Gasteiger partial charge in [0.2, 0.25) is 5.91 Å². The van der Waals surface area contributed by atoms with Crippen LogP contribution in [0.15, 0.2) is 29.6 Å². The van der Waals surface area contributed by atoms with Crippen molar-refractivity contribution in [1.29, 1.82) is 0 Å². The number of rotatable bonds is 2. The lowest BCUT2D eigenvalue weighted by Crippen LogP contribution is -2.19. The number of amides is 1. The van der Waals surface area contributed by atoms with Crippen molar-refractivity contribution in [2.75, 3.05) is 5.32 Å².